The highest BCUT2D eigenvalue weighted by atomic mass is 32.2. The normalized spacial score (nSPS) is 19.8. The molecule has 0 aromatic heterocycles. The van der Waals surface area contributed by atoms with E-state index in [2.05, 4.69) is 11.6 Å². The van der Waals surface area contributed by atoms with Crippen molar-refractivity contribution in [2.45, 2.75) is 25.3 Å². The van der Waals surface area contributed by atoms with Crippen molar-refractivity contribution in [3.63, 3.8) is 0 Å². The fourth-order valence-electron chi connectivity index (χ4n) is 1.42. The zero-order chi connectivity index (χ0) is 8.65. The highest BCUT2D eigenvalue weighted by Crippen LogP contribution is 2.06. The third-order valence-electron chi connectivity index (χ3n) is 2.18. The summed E-state index contributed by atoms with van der Waals surface area (Å²) in [6, 6.07) is 0.723. The first kappa shape index (κ1) is 10.4. The molecule has 0 aliphatic carbocycles. The molecule has 0 saturated carbocycles. The van der Waals surface area contributed by atoms with Crippen LogP contribution in [0.15, 0.2) is 0 Å². The Morgan fingerprint density at radius 2 is 2.17 bits per heavy atom. The van der Waals surface area contributed by atoms with Crippen molar-refractivity contribution >= 4 is 11.8 Å². The Morgan fingerprint density at radius 1 is 1.42 bits per heavy atom. The summed E-state index contributed by atoms with van der Waals surface area (Å²) >= 11 is 1.92. The summed E-state index contributed by atoms with van der Waals surface area (Å²) in [7, 11) is 0. The largest absolute Gasteiger partial charge is 0.381 e. The Balaban J connectivity index is 1.91. The Kier molecular flexibility index (Phi) is 5.82. The van der Waals surface area contributed by atoms with Gasteiger partial charge < -0.3 is 10.1 Å². The van der Waals surface area contributed by atoms with Gasteiger partial charge in [-0.1, -0.05) is 0 Å². The molecule has 0 bridgehead atoms. The Morgan fingerprint density at radius 3 is 2.83 bits per heavy atom. The molecule has 0 radical (unpaired) electrons. The molecule has 1 N–H and O–H groups in total. The smallest absolute Gasteiger partial charge is 0.0480 e. The van der Waals surface area contributed by atoms with Crippen molar-refractivity contribution in [3.05, 3.63) is 0 Å². The molecule has 1 fully saturated rings. The van der Waals surface area contributed by atoms with Gasteiger partial charge in [-0.3, -0.25) is 0 Å². The molecule has 2 nitrogen and oxygen atoms in total. The summed E-state index contributed by atoms with van der Waals surface area (Å²) < 4.78 is 5.28. The lowest BCUT2D eigenvalue weighted by Gasteiger charge is -2.23. The molecule has 1 heterocycles. The van der Waals surface area contributed by atoms with Crippen LogP contribution in [0.3, 0.4) is 0 Å². The predicted octanol–water partition coefficient (Wildman–Crippen LogP) is 1.51. The first-order valence-electron chi connectivity index (χ1n) is 4.73. The number of rotatable bonds is 5. The zero-order valence-corrected chi connectivity index (χ0v) is 8.66. The van der Waals surface area contributed by atoms with Gasteiger partial charge in [-0.25, -0.2) is 0 Å². The lowest BCUT2D eigenvalue weighted by atomic mass is 10.1. The SMILES string of the molecule is CSCCCNC1CCOCC1. The van der Waals surface area contributed by atoms with Crippen LogP contribution in [0.2, 0.25) is 0 Å². The second-order valence-corrected chi connectivity index (χ2v) is 4.17. The van der Waals surface area contributed by atoms with Crippen molar-refractivity contribution in [3.8, 4) is 0 Å². The van der Waals surface area contributed by atoms with Crippen molar-refractivity contribution in [2.24, 2.45) is 0 Å². The minimum Gasteiger partial charge on any atom is -0.381 e. The zero-order valence-electron chi connectivity index (χ0n) is 7.84. The molecule has 0 spiro atoms. The molecular formula is C9H19NOS. The molecule has 1 aliphatic rings. The molecule has 3 heteroatoms. The third-order valence-corrected chi connectivity index (χ3v) is 2.88. The van der Waals surface area contributed by atoms with E-state index in [4.69, 9.17) is 4.74 Å². The van der Waals surface area contributed by atoms with Crippen LogP contribution < -0.4 is 5.32 Å². The first-order chi connectivity index (χ1) is 5.93. The summed E-state index contributed by atoms with van der Waals surface area (Å²) in [5.41, 5.74) is 0. The molecule has 1 aliphatic heterocycles. The Labute approximate surface area is 79.4 Å². The minimum atomic E-state index is 0.723. The molecule has 1 saturated heterocycles. The highest BCUT2D eigenvalue weighted by Gasteiger charge is 2.11. The van der Waals surface area contributed by atoms with Gasteiger partial charge >= 0.3 is 0 Å². The van der Waals surface area contributed by atoms with E-state index >= 15 is 0 Å². The van der Waals surface area contributed by atoms with Crippen molar-refractivity contribution < 1.29 is 4.74 Å². The van der Waals surface area contributed by atoms with Crippen molar-refractivity contribution in [1.82, 2.24) is 5.32 Å². The summed E-state index contributed by atoms with van der Waals surface area (Å²) in [5.74, 6) is 1.27. The van der Waals surface area contributed by atoms with E-state index in [0.717, 1.165) is 19.3 Å². The van der Waals surface area contributed by atoms with Gasteiger partial charge in [0.25, 0.3) is 0 Å². The van der Waals surface area contributed by atoms with Gasteiger partial charge in [0.1, 0.15) is 0 Å². The van der Waals surface area contributed by atoms with E-state index in [0.29, 0.717) is 0 Å². The Hall–Kier alpha value is 0.270. The van der Waals surface area contributed by atoms with Crippen LogP contribution in [0, 0.1) is 0 Å². The van der Waals surface area contributed by atoms with Crippen LogP contribution in [0.1, 0.15) is 19.3 Å². The summed E-state index contributed by atoms with van der Waals surface area (Å²) in [6.07, 6.45) is 5.84. The van der Waals surface area contributed by atoms with Crippen LogP contribution in [-0.2, 0) is 4.74 Å². The molecule has 0 amide bonds. The second kappa shape index (κ2) is 6.75. The molecule has 0 aromatic carbocycles. The van der Waals surface area contributed by atoms with Crippen LogP contribution in [-0.4, -0.2) is 37.8 Å². The number of nitrogens with one attached hydrogen (secondary N) is 1. The first-order valence-corrected chi connectivity index (χ1v) is 6.13. The lowest BCUT2D eigenvalue weighted by molar-refractivity contribution is 0.0781. The van der Waals surface area contributed by atoms with E-state index < -0.39 is 0 Å². The van der Waals surface area contributed by atoms with Crippen molar-refractivity contribution in [2.75, 3.05) is 31.8 Å². The van der Waals surface area contributed by atoms with Gasteiger partial charge in [-0.05, 0) is 37.8 Å². The molecule has 0 atom stereocenters. The molecule has 12 heavy (non-hydrogen) atoms. The van der Waals surface area contributed by atoms with Crippen LogP contribution >= 0.6 is 11.8 Å². The molecule has 0 aromatic rings. The quantitative estimate of drug-likeness (QED) is 0.662. The van der Waals surface area contributed by atoms with Gasteiger partial charge in [0.2, 0.25) is 0 Å². The van der Waals surface area contributed by atoms with Crippen LogP contribution in [0.4, 0.5) is 0 Å². The van der Waals surface area contributed by atoms with Crippen LogP contribution in [0.25, 0.3) is 0 Å². The van der Waals surface area contributed by atoms with Gasteiger partial charge in [0.15, 0.2) is 0 Å². The molecule has 0 unspecified atom stereocenters. The number of ether oxygens (including phenoxy) is 1. The van der Waals surface area contributed by atoms with E-state index in [9.17, 15) is 0 Å². The maximum atomic E-state index is 5.28. The summed E-state index contributed by atoms with van der Waals surface area (Å²) in [6.45, 7) is 3.06. The molecule has 1 rings (SSSR count). The standard InChI is InChI=1S/C9H19NOS/c1-12-8-2-5-10-9-3-6-11-7-4-9/h9-10H,2-8H2,1H3. The number of thioether (sulfide) groups is 1. The average molecular weight is 189 g/mol. The summed E-state index contributed by atoms with van der Waals surface area (Å²) in [5, 5.41) is 3.56. The highest BCUT2D eigenvalue weighted by molar-refractivity contribution is 7.98. The summed E-state index contributed by atoms with van der Waals surface area (Å²) in [4.78, 5) is 0. The number of hydrogen-bond donors (Lipinski definition) is 1. The number of hydrogen-bond acceptors (Lipinski definition) is 3. The average Bonchev–Trinajstić information content (AvgIpc) is 2.14. The third kappa shape index (κ3) is 4.33. The van der Waals surface area contributed by atoms with Crippen LogP contribution in [0.5, 0.6) is 0 Å². The predicted molar refractivity (Wildman–Crippen MR) is 54.8 cm³/mol. The lowest BCUT2D eigenvalue weighted by Crippen LogP contribution is -2.35. The maximum Gasteiger partial charge on any atom is 0.0480 e. The fourth-order valence-corrected chi connectivity index (χ4v) is 1.86. The molecular weight excluding hydrogens is 170 g/mol. The second-order valence-electron chi connectivity index (χ2n) is 3.19. The van der Waals surface area contributed by atoms with E-state index in [-0.39, 0.29) is 0 Å². The van der Waals surface area contributed by atoms with E-state index in [1.54, 1.807) is 0 Å². The van der Waals surface area contributed by atoms with Gasteiger partial charge in [-0.2, -0.15) is 11.8 Å². The maximum absolute atomic E-state index is 5.28. The van der Waals surface area contributed by atoms with Gasteiger partial charge in [0, 0.05) is 19.3 Å². The Bertz CT molecular complexity index is 105. The fraction of sp³-hybridized carbons (Fsp3) is 1.00. The van der Waals surface area contributed by atoms with E-state index in [1.165, 1.54) is 31.6 Å². The molecule has 72 valence electrons. The van der Waals surface area contributed by atoms with Gasteiger partial charge in [-0.15, -0.1) is 0 Å². The van der Waals surface area contributed by atoms with Crippen molar-refractivity contribution in [1.29, 1.82) is 0 Å². The van der Waals surface area contributed by atoms with Gasteiger partial charge in [0.05, 0.1) is 0 Å². The monoisotopic (exact) mass is 189 g/mol. The minimum absolute atomic E-state index is 0.723. The topological polar surface area (TPSA) is 21.3 Å². The van der Waals surface area contributed by atoms with E-state index in [1.807, 2.05) is 11.8 Å².